The van der Waals surface area contributed by atoms with Gasteiger partial charge >= 0.3 is 5.97 Å². The van der Waals surface area contributed by atoms with Gasteiger partial charge in [-0.3, -0.25) is 4.79 Å². The summed E-state index contributed by atoms with van der Waals surface area (Å²) in [5.41, 5.74) is 0. The van der Waals surface area contributed by atoms with Crippen LogP contribution in [0.15, 0.2) is 0 Å². The van der Waals surface area contributed by atoms with Crippen LogP contribution in [-0.2, 0) is 14.3 Å². The number of carboxylic acid groups (broad SMARTS) is 1. The predicted molar refractivity (Wildman–Crippen MR) is 51.2 cm³/mol. The second-order valence-corrected chi connectivity index (χ2v) is 5.01. The van der Waals surface area contributed by atoms with Crippen molar-refractivity contribution in [3.05, 3.63) is 0 Å². The summed E-state index contributed by atoms with van der Waals surface area (Å²) in [6, 6.07) is 0. The molecule has 0 amide bonds. The molecule has 84 valence electrons. The molecule has 1 aliphatic heterocycles. The zero-order valence-corrected chi connectivity index (χ0v) is 8.65. The number of carbonyl (C=O) groups is 1. The van der Waals surface area contributed by atoms with Gasteiger partial charge in [-0.05, 0) is 24.7 Å². The SMILES string of the molecule is O=C(O)C[C@@H]1C[C@@H]2CC3(OCCO3)[C@@H]2C1. The van der Waals surface area contributed by atoms with Crippen molar-refractivity contribution in [2.75, 3.05) is 13.2 Å². The molecule has 3 rings (SSSR count). The van der Waals surface area contributed by atoms with Gasteiger partial charge in [0.2, 0.25) is 0 Å². The largest absolute Gasteiger partial charge is 0.481 e. The van der Waals surface area contributed by atoms with Crippen molar-refractivity contribution in [2.45, 2.75) is 31.5 Å². The number of aliphatic carboxylic acids is 1. The van der Waals surface area contributed by atoms with E-state index in [1.54, 1.807) is 0 Å². The summed E-state index contributed by atoms with van der Waals surface area (Å²) in [6.07, 6.45) is 3.30. The number of hydrogen-bond donors (Lipinski definition) is 1. The van der Waals surface area contributed by atoms with Gasteiger partial charge in [0.05, 0.1) is 13.2 Å². The summed E-state index contributed by atoms with van der Waals surface area (Å²) in [6.45, 7) is 1.40. The van der Waals surface area contributed by atoms with Gasteiger partial charge in [0, 0.05) is 18.8 Å². The number of hydrogen-bond acceptors (Lipinski definition) is 3. The third-order valence-electron chi connectivity index (χ3n) is 4.14. The first-order valence-corrected chi connectivity index (χ1v) is 5.69. The Kier molecular flexibility index (Phi) is 2.04. The second kappa shape index (κ2) is 3.19. The van der Waals surface area contributed by atoms with E-state index in [-0.39, 0.29) is 5.79 Å². The molecule has 0 bridgehead atoms. The molecule has 0 aromatic heterocycles. The molecule has 1 saturated heterocycles. The number of rotatable bonds is 2. The average Bonchev–Trinajstić information content (AvgIpc) is 2.71. The Balaban J connectivity index is 1.64. The fourth-order valence-corrected chi connectivity index (χ4v) is 3.58. The topological polar surface area (TPSA) is 55.8 Å². The fourth-order valence-electron chi connectivity index (χ4n) is 3.58. The van der Waals surface area contributed by atoms with Gasteiger partial charge in [-0.2, -0.15) is 0 Å². The van der Waals surface area contributed by atoms with Gasteiger partial charge in [0.1, 0.15) is 0 Å². The molecule has 1 spiro atoms. The van der Waals surface area contributed by atoms with E-state index in [0.717, 1.165) is 19.3 Å². The van der Waals surface area contributed by atoms with E-state index in [4.69, 9.17) is 14.6 Å². The van der Waals surface area contributed by atoms with Crippen LogP contribution in [0.5, 0.6) is 0 Å². The van der Waals surface area contributed by atoms with E-state index in [2.05, 4.69) is 0 Å². The van der Waals surface area contributed by atoms with Crippen molar-refractivity contribution in [1.29, 1.82) is 0 Å². The molecule has 3 aliphatic rings. The lowest BCUT2D eigenvalue weighted by Crippen LogP contribution is -2.52. The highest BCUT2D eigenvalue weighted by Gasteiger charge is 2.61. The van der Waals surface area contributed by atoms with E-state index >= 15 is 0 Å². The molecule has 3 fully saturated rings. The van der Waals surface area contributed by atoms with Crippen LogP contribution in [-0.4, -0.2) is 30.1 Å². The molecule has 2 saturated carbocycles. The Hall–Kier alpha value is -0.610. The normalized spacial score (nSPS) is 41.5. The van der Waals surface area contributed by atoms with Gasteiger partial charge in [0.15, 0.2) is 5.79 Å². The second-order valence-electron chi connectivity index (χ2n) is 5.01. The maximum absolute atomic E-state index is 10.6. The molecular formula is C11H16O4. The highest BCUT2D eigenvalue weighted by atomic mass is 16.7. The van der Waals surface area contributed by atoms with Crippen LogP contribution in [0.1, 0.15) is 25.7 Å². The zero-order valence-electron chi connectivity index (χ0n) is 8.65. The van der Waals surface area contributed by atoms with Gasteiger partial charge in [-0.25, -0.2) is 0 Å². The van der Waals surface area contributed by atoms with Crippen LogP contribution in [0, 0.1) is 17.8 Å². The Bertz CT molecular complexity index is 282. The van der Waals surface area contributed by atoms with Crippen molar-refractivity contribution >= 4 is 5.97 Å². The lowest BCUT2D eigenvalue weighted by molar-refractivity contribution is -0.267. The van der Waals surface area contributed by atoms with Crippen LogP contribution in [0.4, 0.5) is 0 Å². The average molecular weight is 212 g/mol. The molecule has 0 aromatic rings. The van der Waals surface area contributed by atoms with Crippen LogP contribution < -0.4 is 0 Å². The first-order chi connectivity index (χ1) is 7.20. The van der Waals surface area contributed by atoms with Crippen molar-refractivity contribution in [3.63, 3.8) is 0 Å². The number of fused-ring (bicyclic) bond motifs is 2. The van der Waals surface area contributed by atoms with E-state index in [0.29, 0.717) is 37.4 Å². The van der Waals surface area contributed by atoms with Crippen LogP contribution in [0.2, 0.25) is 0 Å². The van der Waals surface area contributed by atoms with Gasteiger partial charge in [-0.15, -0.1) is 0 Å². The minimum absolute atomic E-state index is 0.308. The quantitative estimate of drug-likeness (QED) is 0.748. The van der Waals surface area contributed by atoms with Gasteiger partial charge < -0.3 is 14.6 Å². The smallest absolute Gasteiger partial charge is 0.303 e. The lowest BCUT2D eigenvalue weighted by atomic mass is 9.70. The van der Waals surface area contributed by atoms with Crippen molar-refractivity contribution < 1.29 is 19.4 Å². The number of ether oxygens (including phenoxy) is 2. The highest BCUT2D eigenvalue weighted by Crippen LogP contribution is 2.59. The van der Waals surface area contributed by atoms with Crippen LogP contribution in [0.25, 0.3) is 0 Å². The van der Waals surface area contributed by atoms with Crippen LogP contribution in [0.3, 0.4) is 0 Å². The Morgan fingerprint density at radius 2 is 2.07 bits per heavy atom. The molecule has 4 heteroatoms. The van der Waals surface area contributed by atoms with Gasteiger partial charge in [0.25, 0.3) is 0 Å². The molecule has 2 aliphatic carbocycles. The van der Waals surface area contributed by atoms with E-state index < -0.39 is 5.97 Å². The molecule has 3 atom stereocenters. The van der Waals surface area contributed by atoms with E-state index in [1.807, 2.05) is 0 Å². The van der Waals surface area contributed by atoms with Crippen molar-refractivity contribution in [3.8, 4) is 0 Å². The van der Waals surface area contributed by atoms with E-state index in [1.165, 1.54) is 0 Å². The molecule has 1 heterocycles. The van der Waals surface area contributed by atoms with Crippen molar-refractivity contribution in [1.82, 2.24) is 0 Å². The van der Waals surface area contributed by atoms with Crippen LogP contribution >= 0.6 is 0 Å². The summed E-state index contributed by atoms with van der Waals surface area (Å²) in [7, 11) is 0. The van der Waals surface area contributed by atoms with Gasteiger partial charge in [-0.1, -0.05) is 0 Å². The summed E-state index contributed by atoms with van der Waals surface area (Å²) in [4.78, 5) is 10.6. The molecule has 0 radical (unpaired) electrons. The number of carboxylic acids is 1. The Morgan fingerprint density at radius 1 is 1.33 bits per heavy atom. The molecular weight excluding hydrogens is 196 g/mol. The molecule has 4 nitrogen and oxygen atoms in total. The monoisotopic (exact) mass is 212 g/mol. The minimum atomic E-state index is -0.677. The first kappa shape index (κ1) is 9.60. The molecule has 1 N–H and O–H groups in total. The standard InChI is InChI=1S/C11H16O4/c12-10(13)5-7-3-8-6-11(9(8)4-7)14-1-2-15-11/h7-9H,1-6H2,(H,12,13)/t7-,8-,9-/m1/s1. The predicted octanol–water partition coefficient (Wildman–Crippen LogP) is 1.25. The summed E-state index contributed by atoms with van der Waals surface area (Å²) >= 11 is 0. The minimum Gasteiger partial charge on any atom is -0.481 e. The summed E-state index contributed by atoms with van der Waals surface area (Å²) < 4.78 is 11.3. The maximum atomic E-state index is 10.6. The molecule has 0 aromatic carbocycles. The molecule has 0 unspecified atom stereocenters. The molecule has 15 heavy (non-hydrogen) atoms. The third-order valence-corrected chi connectivity index (χ3v) is 4.14. The Morgan fingerprint density at radius 3 is 2.73 bits per heavy atom. The fraction of sp³-hybridized carbons (Fsp3) is 0.909. The highest BCUT2D eigenvalue weighted by molar-refractivity contribution is 5.67. The Labute approximate surface area is 88.6 Å². The van der Waals surface area contributed by atoms with Crippen molar-refractivity contribution in [2.24, 2.45) is 17.8 Å². The maximum Gasteiger partial charge on any atom is 0.303 e. The summed E-state index contributed by atoms with van der Waals surface area (Å²) in [5.74, 6) is 0.461. The van der Waals surface area contributed by atoms with E-state index in [9.17, 15) is 4.79 Å². The third kappa shape index (κ3) is 1.39. The zero-order chi connectivity index (χ0) is 10.5. The lowest BCUT2D eigenvalue weighted by Gasteiger charge is -2.47. The summed E-state index contributed by atoms with van der Waals surface area (Å²) in [5, 5.41) is 8.76. The first-order valence-electron chi connectivity index (χ1n) is 5.69.